The van der Waals surface area contributed by atoms with E-state index in [9.17, 15) is 4.79 Å². The Bertz CT molecular complexity index is 803. The number of hydrogen-bond donors (Lipinski definition) is 0. The topological polar surface area (TPSA) is 82.4 Å². The first-order valence-electron chi connectivity index (χ1n) is 9.28. The number of hydrogen-bond acceptors (Lipinski definition) is 6. The highest BCUT2D eigenvalue weighted by molar-refractivity contribution is 6.30. The molecule has 3 rings (SSSR count). The molecule has 1 saturated heterocycles. The first kappa shape index (κ1) is 20.5. The Labute approximate surface area is 169 Å². The molecule has 1 amide bonds. The monoisotopic (exact) mass is 407 g/mol. The molecule has 0 unspecified atom stereocenters. The SMILES string of the molecule is Cn1nnc(C[C@H]2CN(C(=O)OC(C)(C)C)[C@@H](Cc3ccc(Cl)cc3)CO2)n1. The largest absolute Gasteiger partial charge is 0.444 e. The van der Waals surface area contributed by atoms with Gasteiger partial charge in [-0.25, -0.2) is 4.79 Å². The maximum atomic E-state index is 12.8. The number of aryl methyl sites for hydroxylation is 1. The van der Waals surface area contributed by atoms with E-state index in [0.717, 1.165) is 5.56 Å². The van der Waals surface area contributed by atoms with Gasteiger partial charge in [-0.15, -0.1) is 10.2 Å². The molecule has 28 heavy (non-hydrogen) atoms. The fourth-order valence-electron chi connectivity index (χ4n) is 3.10. The van der Waals surface area contributed by atoms with Crippen LogP contribution in [0, 0.1) is 0 Å². The zero-order valence-electron chi connectivity index (χ0n) is 16.6. The van der Waals surface area contributed by atoms with Crippen molar-refractivity contribution in [3.8, 4) is 0 Å². The van der Waals surface area contributed by atoms with Crippen LogP contribution in [0.15, 0.2) is 24.3 Å². The molecule has 1 fully saturated rings. The van der Waals surface area contributed by atoms with Crippen LogP contribution in [0.25, 0.3) is 0 Å². The number of aromatic nitrogens is 4. The molecule has 1 aromatic heterocycles. The fourth-order valence-corrected chi connectivity index (χ4v) is 3.22. The number of carbonyl (C=O) groups is 1. The highest BCUT2D eigenvalue weighted by atomic mass is 35.5. The molecule has 0 bridgehead atoms. The Morgan fingerprint density at radius 1 is 1.29 bits per heavy atom. The normalized spacial score (nSPS) is 20.2. The molecular formula is C19H26ClN5O3. The van der Waals surface area contributed by atoms with Crippen molar-refractivity contribution in [2.24, 2.45) is 7.05 Å². The van der Waals surface area contributed by atoms with Gasteiger partial charge in [0.15, 0.2) is 5.82 Å². The molecule has 2 atom stereocenters. The van der Waals surface area contributed by atoms with Crippen molar-refractivity contribution in [2.75, 3.05) is 13.2 Å². The van der Waals surface area contributed by atoms with E-state index in [-0.39, 0.29) is 18.2 Å². The van der Waals surface area contributed by atoms with Gasteiger partial charge in [0, 0.05) is 11.4 Å². The smallest absolute Gasteiger partial charge is 0.410 e. The second-order valence-electron chi connectivity index (χ2n) is 7.97. The van der Waals surface area contributed by atoms with Crippen LogP contribution in [0.2, 0.25) is 5.02 Å². The predicted molar refractivity (Wildman–Crippen MR) is 104 cm³/mol. The summed E-state index contributed by atoms with van der Waals surface area (Å²) >= 11 is 5.98. The highest BCUT2D eigenvalue weighted by Crippen LogP contribution is 2.22. The Kier molecular flexibility index (Phi) is 6.20. The summed E-state index contributed by atoms with van der Waals surface area (Å²) in [4.78, 5) is 16.0. The standard InChI is InChI=1S/C19H26ClN5O3/c1-19(2,3)28-18(26)25-11-16(10-17-21-23-24(4)22-17)27-12-15(25)9-13-5-7-14(20)8-6-13/h5-8,15-16H,9-12H2,1-4H3/t15-,16-/m0/s1. The Balaban J connectivity index is 1.72. The summed E-state index contributed by atoms with van der Waals surface area (Å²) in [6.45, 7) is 6.40. The van der Waals surface area contributed by atoms with Crippen molar-refractivity contribution in [1.82, 2.24) is 25.1 Å². The quantitative estimate of drug-likeness (QED) is 0.774. The van der Waals surface area contributed by atoms with Crippen LogP contribution >= 0.6 is 11.6 Å². The third kappa shape index (κ3) is 5.65. The van der Waals surface area contributed by atoms with E-state index in [2.05, 4.69) is 15.4 Å². The lowest BCUT2D eigenvalue weighted by molar-refractivity contribution is -0.0694. The minimum atomic E-state index is -0.567. The predicted octanol–water partition coefficient (Wildman–Crippen LogP) is 2.65. The lowest BCUT2D eigenvalue weighted by Gasteiger charge is -2.40. The molecule has 8 nitrogen and oxygen atoms in total. The van der Waals surface area contributed by atoms with E-state index < -0.39 is 5.60 Å². The molecule has 9 heteroatoms. The number of tetrazole rings is 1. The van der Waals surface area contributed by atoms with Crippen molar-refractivity contribution in [3.05, 3.63) is 40.7 Å². The number of rotatable bonds is 4. The molecule has 0 radical (unpaired) electrons. The van der Waals surface area contributed by atoms with Gasteiger partial charge < -0.3 is 9.47 Å². The van der Waals surface area contributed by atoms with Gasteiger partial charge in [-0.2, -0.15) is 4.80 Å². The number of ether oxygens (including phenoxy) is 2. The van der Waals surface area contributed by atoms with Crippen molar-refractivity contribution < 1.29 is 14.3 Å². The minimum absolute atomic E-state index is 0.123. The molecule has 0 saturated carbocycles. The van der Waals surface area contributed by atoms with E-state index in [4.69, 9.17) is 21.1 Å². The number of nitrogens with zero attached hydrogens (tertiary/aromatic N) is 5. The van der Waals surface area contributed by atoms with Gasteiger partial charge in [0.25, 0.3) is 0 Å². The molecule has 1 aliphatic rings. The number of morpholine rings is 1. The lowest BCUT2D eigenvalue weighted by Crippen LogP contribution is -2.54. The van der Waals surface area contributed by atoms with Crippen LogP contribution in [0.1, 0.15) is 32.2 Å². The van der Waals surface area contributed by atoms with Gasteiger partial charge in [0.2, 0.25) is 0 Å². The lowest BCUT2D eigenvalue weighted by atomic mass is 10.0. The Morgan fingerprint density at radius 3 is 2.61 bits per heavy atom. The number of halogens is 1. The van der Waals surface area contributed by atoms with Gasteiger partial charge in [0.1, 0.15) is 5.60 Å². The third-order valence-electron chi connectivity index (χ3n) is 4.34. The third-order valence-corrected chi connectivity index (χ3v) is 4.59. The summed E-state index contributed by atoms with van der Waals surface area (Å²) in [5.41, 5.74) is 0.517. The molecule has 152 valence electrons. The van der Waals surface area contributed by atoms with Crippen LogP contribution < -0.4 is 0 Å². The Hall–Kier alpha value is -2.19. The van der Waals surface area contributed by atoms with Gasteiger partial charge in [-0.3, -0.25) is 4.90 Å². The maximum Gasteiger partial charge on any atom is 0.410 e. The first-order valence-corrected chi connectivity index (χ1v) is 9.66. The maximum absolute atomic E-state index is 12.8. The molecule has 0 N–H and O–H groups in total. The second-order valence-corrected chi connectivity index (χ2v) is 8.41. The molecule has 2 heterocycles. The Morgan fingerprint density at radius 2 is 2.00 bits per heavy atom. The second kappa shape index (κ2) is 8.45. The average molecular weight is 408 g/mol. The molecular weight excluding hydrogens is 382 g/mol. The molecule has 1 aromatic carbocycles. The van der Waals surface area contributed by atoms with Crippen LogP contribution in [-0.4, -0.2) is 62.1 Å². The van der Waals surface area contributed by atoms with Crippen molar-refractivity contribution >= 4 is 17.7 Å². The van der Waals surface area contributed by atoms with Crippen LogP contribution in [-0.2, 0) is 29.4 Å². The van der Waals surface area contributed by atoms with Gasteiger partial charge >= 0.3 is 6.09 Å². The zero-order valence-corrected chi connectivity index (χ0v) is 17.4. The van der Waals surface area contributed by atoms with Crippen molar-refractivity contribution in [3.63, 3.8) is 0 Å². The summed E-state index contributed by atoms with van der Waals surface area (Å²) in [7, 11) is 1.72. The summed E-state index contributed by atoms with van der Waals surface area (Å²) < 4.78 is 11.6. The average Bonchev–Trinajstić information content (AvgIpc) is 3.01. The van der Waals surface area contributed by atoms with Crippen molar-refractivity contribution in [1.29, 1.82) is 0 Å². The van der Waals surface area contributed by atoms with Crippen LogP contribution in [0.3, 0.4) is 0 Å². The van der Waals surface area contributed by atoms with Gasteiger partial charge in [-0.1, -0.05) is 23.7 Å². The first-order chi connectivity index (χ1) is 13.2. The van der Waals surface area contributed by atoms with E-state index in [1.54, 1.807) is 11.9 Å². The van der Waals surface area contributed by atoms with Crippen LogP contribution in [0.4, 0.5) is 4.79 Å². The minimum Gasteiger partial charge on any atom is -0.444 e. The van der Waals surface area contributed by atoms with Gasteiger partial charge in [0.05, 0.1) is 32.3 Å². The summed E-state index contributed by atoms with van der Waals surface area (Å²) in [6.07, 6.45) is 0.595. The number of carbonyl (C=O) groups excluding carboxylic acids is 1. The number of amides is 1. The van der Waals surface area contributed by atoms with E-state index in [0.29, 0.717) is 36.8 Å². The highest BCUT2D eigenvalue weighted by Gasteiger charge is 2.35. The van der Waals surface area contributed by atoms with E-state index >= 15 is 0 Å². The van der Waals surface area contributed by atoms with Crippen LogP contribution in [0.5, 0.6) is 0 Å². The summed E-state index contributed by atoms with van der Waals surface area (Å²) in [5.74, 6) is 0.591. The molecule has 2 aromatic rings. The fraction of sp³-hybridized carbons (Fsp3) is 0.579. The zero-order chi connectivity index (χ0) is 20.3. The molecule has 1 aliphatic heterocycles. The van der Waals surface area contributed by atoms with Crippen molar-refractivity contribution in [2.45, 2.75) is 51.4 Å². The molecule has 0 spiro atoms. The van der Waals surface area contributed by atoms with E-state index in [1.807, 2.05) is 45.0 Å². The summed E-state index contributed by atoms with van der Waals surface area (Å²) in [5, 5.41) is 12.7. The number of benzene rings is 1. The van der Waals surface area contributed by atoms with Gasteiger partial charge in [-0.05, 0) is 50.1 Å². The van der Waals surface area contributed by atoms with E-state index in [1.165, 1.54) is 4.80 Å². The summed E-state index contributed by atoms with van der Waals surface area (Å²) in [6, 6.07) is 7.50. The molecule has 0 aliphatic carbocycles.